The van der Waals surface area contributed by atoms with Gasteiger partial charge in [0.25, 0.3) is 11.5 Å². The van der Waals surface area contributed by atoms with Crippen LogP contribution in [0, 0.1) is 12.8 Å². The van der Waals surface area contributed by atoms with Crippen molar-refractivity contribution >= 4 is 17.5 Å². The van der Waals surface area contributed by atoms with Gasteiger partial charge in [-0.15, -0.1) is 0 Å². The van der Waals surface area contributed by atoms with Gasteiger partial charge in [-0.25, -0.2) is 4.98 Å². The largest absolute Gasteiger partial charge is 0.481 e. The molecule has 7 heteroatoms. The maximum absolute atomic E-state index is 12.6. The lowest BCUT2D eigenvalue weighted by molar-refractivity contribution is -0.143. The Morgan fingerprint density at radius 1 is 1.26 bits per heavy atom. The third-order valence-electron chi connectivity index (χ3n) is 4.21. The molecule has 0 bridgehead atoms. The number of aromatic nitrogens is 2. The Bertz CT molecular complexity index is 835. The molecule has 1 aliphatic rings. The van der Waals surface area contributed by atoms with Crippen LogP contribution in [-0.2, 0) is 4.79 Å². The molecule has 3 rings (SSSR count). The standard InChI is InChI=1S/C16H17N3O4/c1-10-2-3-13-17-8-12(15(21)19(13)9-10)14(20)18-6-4-11(5-7-18)16(22)23/h2-3,8-9,11H,4-7H2,1H3,(H,22,23). The molecule has 0 saturated carbocycles. The summed E-state index contributed by atoms with van der Waals surface area (Å²) in [6, 6.07) is 3.57. The topological polar surface area (TPSA) is 92.0 Å². The number of amides is 1. The van der Waals surface area contributed by atoms with Crippen molar-refractivity contribution in [2.75, 3.05) is 13.1 Å². The summed E-state index contributed by atoms with van der Waals surface area (Å²) in [6.45, 7) is 2.54. The van der Waals surface area contributed by atoms with Gasteiger partial charge in [0.2, 0.25) is 0 Å². The average Bonchev–Trinajstić information content (AvgIpc) is 2.55. The van der Waals surface area contributed by atoms with Gasteiger partial charge >= 0.3 is 5.97 Å². The Morgan fingerprint density at radius 3 is 2.61 bits per heavy atom. The van der Waals surface area contributed by atoms with E-state index in [9.17, 15) is 14.4 Å². The lowest BCUT2D eigenvalue weighted by Crippen LogP contribution is -2.42. The van der Waals surface area contributed by atoms with Crippen molar-refractivity contribution in [3.05, 3.63) is 46.0 Å². The zero-order chi connectivity index (χ0) is 16.6. The normalized spacial score (nSPS) is 15.8. The van der Waals surface area contributed by atoms with Crippen LogP contribution in [0.4, 0.5) is 0 Å². The summed E-state index contributed by atoms with van der Waals surface area (Å²) in [5, 5.41) is 9.00. The number of aryl methyl sites for hydroxylation is 1. The van der Waals surface area contributed by atoms with Gasteiger partial charge in [0, 0.05) is 25.5 Å². The van der Waals surface area contributed by atoms with Crippen LogP contribution in [0.1, 0.15) is 28.8 Å². The molecule has 2 aromatic rings. The second kappa shape index (κ2) is 5.83. The molecule has 1 aliphatic heterocycles. The summed E-state index contributed by atoms with van der Waals surface area (Å²) < 4.78 is 1.37. The number of likely N-dealkylation sites (tertiary alicyclic amines) is 1. The van der Waals surface area contributed by atoms with E-state index in [2.05, 4.69) is 4.98 Å². The number of carbonyl (C=O) groups is 2. The molecule has 0 unspecified atom stereocenters. The number of carboxylic acid groups (broad SMARTS) is 1. The highest BCUT2D eigenvalue weighted by Gasteiger charge is 2.28. The first-order chi connectivity index (χ1) is 11.0. The fraction of sp³-hybridized carbons (Fsp3) is 0.375. The number of hydrogen-bond donors (Lipinski definition) is 1. The Morgan fingerprint density at radius 2 is 1.96 bits per heavy atom. The maximum Gasteiger partial charge on any atom is 0.306 e. The molecule has 120 valence electrons. The number of nitrogens with zero attached hydrogens (tertiary/aromatic N) is 3. The van der Waals surface area contributed by atoms with Crippen molar-refractivity contribution in [3.8, 4) is 0 Å². The summed E-state index contributed by atoms with van der Waals surface area (Å²) in [5.74, 6) is -1.64. The van der Waals surface area contributed by atoms with Crippen molar-refractivity contribution in [1.82, 2.24) is 14.3 Å². The molecule has 7 nitrogen and oxygen atoms in total. The fourth-order valence-corrected chi connectivity index (χ4v) is 2.83. The Balaban J connectivity index is 1.89. The Labute approximate surface area is 132 Å². The van der Waals surface area contributed by atoms with Crippen molar-refractivity contribution < 1.29 is 14.7 Å². The number of aliphatic carboxylic acids is 1. The zero-order valence-electron chi connectivity index (χ0n) is 12.7. The van der Waals surface area contributed by atoms with Crippen LogP contribution >= 0.6 is 0 Å². The number of hydrogen-bond acceptors (Lipinski definition) is 4. The second-order valence-corrected chi connectivity index (χ2v) is 5.82. The van der Waals surface area contributed by atoms with E-state index in [1.807, 2.05) is 13.0 Å². The van der Waals surface area contributed by atoms with Crippen molar-refractivity contribution in [3.63, 3.8) is 0 Å². The monoisotopic (exact) mass is 315 g/mol. The molecule has 2 aromatic heterocycles. The molecular weight excluding hydrogens is 298 g/mol. The molecule has 0 radical (unpaired) electrons. The number of carboxylic acids is 1. The van der Waals surface area contributed by atoms with Gasteiger partial charge in [-0.2, -0.15) is 0 Å². The van der Waals surface area contributed by atoms with Gasteiger partial charge in [0.15, 0.2) is 0 Å². The van der Waals surface area contributed by atoms with Gasteiger partial charge in [-0.1, -0.05) is 6.07 Å². The second-order valence-electron chi connectivity index (χ2n) is 5.82. The summed E-state index contributed by atoms with van der Waals surface area (Å²) >= 11 is 0. The summed E-state index contributed by atoms with van der Waals surface area (Å²) in [5.41, 5.74) is 1.00. The predicted octanol–water partition coefficient (Wildman–Crippen LogP) is 0.940. The highest BCUT2D eigenvalue weighted by Crippen LogP contribution is 2.18. The lowest BCUT2D eigenvalue weighted by Gasteiger charge is -2.29. The van der Waals surface area contributed by atoms with E-state index >= 15 is 0 Å². The van der Waals surface area contributed by atoms with Crippen LogP contribution in [0.5, 0.6) is 0 Å². The Hall–Kier alpha value is -2.70. The first-order valence-corrected chi connectivity index (χ1v) is 7.47. The quantitative estimate of drug-likeness (QED) is 0.890. The molecule has 3 heterocycles. The van der Waals surface area contributed by atoms with E-state index < -0.39 is 17.4 Å². The van der Waals surface area contributed by atoms with E-state index in [4.69, 9.17) is 5.11 Å². The average molecular weight is 315 g/mol. The maximum atomic E-state index is 12.6. The molecule has 0 spiro atoms. The molecule has 1 N–H and O–H groups in total. The number of pyridine rings is 1. The van der Waals surface area contributed by atoms with Gasteiger partial charge in [0.1, 0.15) is 11.2 Å². The van der Waals surface area contributed by atoms with E-state index in [1.165, 1.54) is 15.5 Å². The van der Waals surface area contributed by atoms with Crippen LogP contribution in [0.2, 0.25) is 0 Å². The van der Waals surface area contributed by atoms with Crippen molar-refractivity contribution in [2.24, 2.45) is 5.92 Å². The minimum Gasteiger partial charge on any atom is -0.481 e. The van der Waals surface area contributed by atoms with Crippen LogP contribution < -0.4 is 5.56 Å². The highest BCUT2D eigenvalue weighted by molar-refractivity contribution is 5.94. The molecule has 1 saturated heterocycles. The zero-order valence-corrected chi connectivity index (χ0v) is 12.7. The van der Waals surface area contributed by atoms with Gasteiger partial charge in [-0.05, 0) is 31.4 Å². The minimum atomic E-state index is -0.833. The van der Waals surface area contributed by atoms with E-state index in [1.54, 1.807) is 12.3 Å². The SMILES string of the molecule is Cc1ccc2ncc(C(=O)N3CCC(C(=O)O)CC3)c(=O)n2c1. The third-order valence-corrected chi connectivity index (χ3v) is 4.21. The molecule has 23 heavy (non-hydrogen) atoms. The van der Waals surface area contributed by atoms with Crippen molar-refractivity contribution in [2.45, 2.75) is 19.8 Å². The number of rotatable bonds is 2. The first kappa shape index (κ1) is 15.2. The number of carbonyl (C=O) groups excluding carboxylic acids is 1. The summed E-state index contributed by atoms with van der Waals surface area (Å²) in [4.78, 5) is 41.7. The van der Waals surface area contributed by atoms with Crippen molar-refractivity contribution in [1.29, 1.82) is 0 Å². The third kappa shape index (κ3) is 2.81. The van der Waals surface area contributed by atoms with Crippen LogP contribution in [-0.4, -0.2) is 44.4 Å². The summed E-state index contributed by atoms with van der Waals surface area (Å²) in [7, 11) is 0. The highest BCUT2D eigenvalue weighted by atomic mass is 16.4. The number of fused-ring (bicyclic) bond motifs is 1. The Kier molecular flexibility index (Phi) is 3.85. The summed E-state index contributed by atoms with van der Waals surface area (Å²) in [6.07, 6.45) is 3.77. The molecule has 0 aliphatic carbocycles. The van der Waals surface area contributed by atoms with E-state index in [0.717, 1.165) is 5.56 Å². The van der Waals surface area contributed by atoms with Gasteiger partial charge in [-0.3, -0.25) is 18.8 Å². The molecule has 1 amide bonds. The van der Waals surface area contributed by atoms with Gasteiger partial charge in [0.05, 0.1) is 5.92 Å². The first-order valence-electron chi connectivity index (χ1n) is 7.47. The minimum absolute atomic E-state index is 0.0156. The predicted molar refractivity (Wildman–Crippen MR) is 82.5 cm³/mol. The van der Waals surface area contributed by atoms with Crippen LogP contribution in [0.3, 0.4) is 0 Å². The molecular formula is C16H17N3O4. The van der Waals surface area contributed by atoms with Crippen LogP contribution in [0.15, 0.2) is 29.3 Å². The van der Waals surface area contributed by atoms with Gasteiger partial charge < -0.3 is 10.0 Å². The van der Waals surface area contributed by atoms with E-state index in [0.29, 0.717) is 31.6 Å². The molecule has 1 fully saturated rings. The molecule has 0 atom stereocenters. The fourth-order valence-electron chi connectivity index (χ4n) is 2.83. The smallest absolute Gasteiger partial charge is 0.306 e. The van der Waals surface area contributed by atoms with E-state index in [-0.39, 0.29) is 11.5 Å². The lowest BCUT2D eigenvalue weighted by atomic mass is 9.97. The number of piperidine rings is 1. The molecule has 0 aromatic carbocycles. The van der Waals surface area contributed by atoms with Crippen LogP contribution in [0.25, 0.3) is 5.65 Å².